The molecule has 2 fully saturated rings. The highest BCUT2D eigenvalue weighted by molar-refractivity contribution is 6.42. The van der Waals surface area contributed by atoms with E-state index in [1.54, 1.807) is 40.2 Å². The van der Waals surface area contributed by atoms with Gasteiger partial charge in [0.25, 0.3) is 0 Å². The number of urea groups is 1. The van der Waals surface area contributed by atoms with Crippen molar-refractivity contribution in [2.45, 2.75) is 25.3 Å². The standard InChI is InChI=1S/C20H21Cl2N3O2/c1-2-3-18(26)24-10-12-25(13-11-24)19(27)23-20(8-9-20)7-6-15-4-5-16(21)17(22)14-15/h2-5,14H,8-13H2,1H3,(H,23,27)/b3-2+. The maximum absolute atomic E-state index is 12.6. The van der Waals surface area contributed by atoms with Crippen LogP contribution >= 0.6 is 23.2 Å². The van der Waals surface area contributed by atoms with Gasteiger partial charge in [0, 0.05) is 31.7 Å². The maximum atomic E-state index is 12.6. The summed E-state index contributed by atoms with van der Waals surface area (Å²) in [5.74, 6) is 6.23. The number of nitrogens with one attached hydrogen (secondary N) is 1. The van der Waals surface area contributed by atoms with Gasteiger partial charge in [0.2, 0.25) is 5.91 Å². The molecule has 5 nitrogen and oxygen atoms in total. The maximum Gasteiger partial charge on any atom is 0.318 e. The monoisotopic (exact) mass is 405 g/mol. The minimum atomic E-state index is -0.471. The fourth-order valence-corrected chi connectivity index (χ4v) is 3.13. The van der Waals surface area contributed by atoms with Crippen LogP contribution < -0.4 is 5.32 Å². The summed E-state index contributed by atoms with van der Waals surface area (Å²) in [7, 11) is 0. The van der Waals surface area contributed by atoms with Crippen LogP contribution in [0, 0.1) is 11.8 Å². The van der Waals surface area contributed by atoms with Gasteiger partial charge in [-0.3, -0.25) is 4.79 Å². The van der Waals surface area contributed by atoms with Crippen LogP contribution in [-0.4, -0.2) is 53.5 Å². The number of allylic oxidation sites excluding steroid dienone is 1. The quantitative estimate of drug-likeness (QED) is 0.605. The molecule has 1 aliphatic heterocycles. The van der Waals surface area contributed by atoms with Crippen molar-refractivity contribution in [1.82, 2.24) is 15.1 Å². The molecule has 2 aliphatic rings. The van der Waals surface area contributed by atoms with Gasteiger partial charge in [-0.05, 0) is 44.0 Å². The molecule has 1 aromatic carbocycles. The molecule has 0 unspecified atom stereocenters. The van der Waals surface area contributed by atoms with Crippen LogP contribution in [0.25, 0.3) is 0 Å². The summed E-state index contributed by atoms with van der Waals surface area (Å²) in [5, 5.41) is 3.99. The number of piperazine rings is 1. The largest absolute Gasteiger partial charge is 0.336 e. The average Bonchev–Trinajstić information content (AvgIpc) is 3.43. The van der Waals surface area contributed by atoms with E-state index in [0.717, 1.165) is 18.4 Å². The molecule has 1 aliphatic carbocycles. The van der Waals surface area contributed by atoms with Crippen LogP contribution in [0.15, 0.2) is 30.4 Å². The Labute approximate surface area is 169 Å². The van der Waals surface area contributed by atoms with Gasteiger partial charge < -0.3 is 15.1 Å². The molecular formula is C20H21Cl2N3O2. The van der Waals surface area contributed by atoms with E-state index in [4.69, 9.17) is 23.2 Å². The van der Waals surface area contributed by atoms with Gasteiger partial charge in [-0.1, -0.05) is 41.1 Å². The van der Waals surface area contributed by atoms with Gasteiger partial charge in [0.05, 0.1) is 10.0 Å². The first-order chi connectivity index (χ1) is 12.9. The second-order valence-electron chi connectivity index (χ2n) is 6.70. The predicted molar refractivity (Wildman–Crippen MR) is 107 cm³/mol. The van der Waals surface area contributed by atoms with E-state index in [0.29, 0.717) is 36.2 Å². The normalized spacial score (nSPS) is 18.0. The smallest absolute Gasteiger partial charge is 0.318 e. The molecule has 142 valence electrons. The second-order valence-corrected chi connectivity index (χ2v) is 7.52. The van der Waals surface area contributed by atoms with Gasteiger partial charge in [-0.15, -0.1) is 0 Å². The number of benzene rings is 1. The molecule has 1 N–H and O–H groups in total. The molecule has 1 saturated heterocycles. The molecule has 3 amide bonds. The zero-order valence-electron chi connectivity index (χ0n) is 15.1. The van der Waals surface area contributed by atoms with E-state index in [9.17, 15) is 9.59 Å². The lowest BCUT2D eigenvalue weighted by Crippen LogP contribution is -2.54. The summed E-state index contributed by atoms with van der Waals surface area (Å²) >= 11 is 11.9. The summed E-state index contributed by atoms with van der Waals surface area (Å²) in [6.07, 6.45) is 4.93. The third-order valence-electron chi connectivity index (χ3n) is 4.65. The number of nitrogens with zero attached hydrogens (tertiary/aromatic N) is 2. The van der Waals surface area contributed by atoms with Crippen LogP contribution in [-0.2, 0) is 4.79 Å². The Morgan fingerprint density at radius 3 is 2.37 bits per heavy atom. The minimum absolute atomic E-state index is 0.0105. The summed E-state index contributed by atoms with van der Waals surface area (Å²) < 4.78 is 0. The number of hydrogen-bond donors (Lipinski definition) is 1. The highest BCUT2D eigenvalue weighted by Crippen LogP contribution is 2.35. The van der Waals surface area contributed by atoms with Crippen LogP contribution in [0.1, 0.15) is 25.3 Å². The molecule has 0 radical (unpaired) electrons. The van der Waals surface area contributed by atoms with E-state index in [1.807, 2.05) is 6.92 Å². The summed E-state index contributed by atoms with van der Waals surface area (Å²) in [6, 6.07) is 5.10. The van der Waals surface area contributed by atoms with Crippen molar-refractivity contribution < 1.29 is 9.59 Å². The topological polar surface area (TPSA) is 52.7 Å². The Hall–Kier alpha value is -2.16. The summed E-state index contributed by atoms with van der Waals surface area (Å²) in [5.41, 5.74) is 0.294. The van der Waals surface area contributed by atoms with E-state index < -0.39 is 5.54 Å². The number of carbonyl (C=O) groups is 2. The van der Waals surface area contributed by atoms with E-state index >= 15 is 0 Å². The first kappa shape index (κ1) is 19.6. The van der Waals surface area contributed by atoms with Crippen LogP contribution in [0.4, 0.5) is 4.79 Å². The molecule has 27 heavy (non-hydrogen) atoms. The lowest BCUT2D eigenvalue weighted by atomic mass is 10.2. The highest BCUT2D eigenvalue weighted by atomic mass is 35.5. The summed E-state index contributed by atoms with van der Waals surface area (Å²) in [6.45, 7) is 3.93. The van der Waals surface area contributed by atoms with Crippen LogP contribution in [0.3, 0.4) is 0 Å². The SMILES string of the molecule is C/C=C/C(=O)N1CCN(C(=O)NC2(C#Cc3ccc(Cl)c(Cl)c3)CC2)CC1. The van der Waals surface area contributed by atoms with Crippen molar-refractivity contribution in [1.29, 1.82) is 0 Å². The van der Waals surface area contributed by atoms with Gasteiger partial charge in [-0.25, -0.2) is 4.79 Å². The number of carbonyl (C=O) groups excluding carboxylic acids is 2. The Bertz CT molecular complexity index is 829. The number of rotatable bonds is 2. The predicted octanol–water partition coefficient (Wildman–Crippen LogP) is 3.31. The number of hydrogen-bond acceptors (Lipinski definition) is 2. The number of halogens is 2. The van der Waals surface area contributed by atoms with Crippen molar-refractivity contribution in [2.75, 3.05) is 26.2 Å². The third kappa shape index (κ3) is 4.97. The minimum Gasteiger partial charge on any atom is -0.336 e. The Balaban J connectivity index is 1.56. The zero-order chi connectivity index (χ0) is 19.4. The molecule has 1 aromatic rings. The third-order valence-corrected chi connectivity index (χ3v) is 5.39. The van der Waals surface area contributed by atoms with Crippen molar-refractivity contribution in [3.63, 3.8) is 0 Å². The van der Waals surface area contributed by atoms with E-state index in [1.165, 1.54) is 0 Å². The van der Waals surface area contributed by atoms with Crippen molar-refractivity contribution in [2.24, 2.45) is 0 Å². The lowest BCUT2D eigenvalue weighted by molar-refractivity contribution is -0.127. The van der Waals surface area contributed by atoms with Gasteiger partial charge in [0.15, 0.2) is 0 Å². The van der Waals surface area contributed by atoms with Gasteiger partial charge in [0.1, 0.15) is 5.54 Å². The fourth-order valence-electron chi connectivity index (χ4n) is 2.83. The molecular weight excluding hydrogens is 385 g/mol. The Kier molecular flexibility index (Phi) is 5.98. The highest BCUT2D eigenvalue weighted by Gasteiger charge is 2.43. The van der Waals surface area contributed by atoms with Gasteiger partial charge in [-0.2, -0.15) is 0 Å². The van der Waals surface area contributed by atoms with Crippen molar-refractivity contribution in [3.8, 4) is 11.8 Å². The molecule has 7 heteroatoms. The molecule has 3 rings (SSSR count). The molecule has 1 saturated carbocycles. The average molecular weight is 406 g/mol. The van der Waals surface area contributed by atoms with Crippen LogP contribution in [0.5, 0.6) is 0 Å². The Morgan fingerprint density at radius 1 is 1.11 bits per heavy atom. The van der Waals surface area contributed by atoms with E-state index in [2.05, 4.69) is 17.2 Å². The first-order valence-electron chi connectivity index (χ1n) is 8.89. The molecule has 0 bridgehead atoms. The first-order valence-corrected chi connectivity index (χ1v) is 9.65. The zero-order valence-corrected chi connectivity index (χ0v) is 16.6. The van der Waals surface area contributed by atoms with Crippen molar-refractivity contribution in [3.05, 3.63) is 46.0 Å². The molecule has 1 heterocycles. The summed E-state index contributed by atoms with van der Waals surface area (Å²) in [4.78, 5) is 27.9. The fraction of sp³-hybridized carbons (Fsp3) is 0.400. The van der Waals surface area contributed by atoms with E-state index in [-0.39, 0.29) is 11.9 Å². The lowest BCUT2D eigenvalue weighted by Gasteiger charge is -2.34. The second kappa shape index (κ2) is 8.24. The van der Waals surface area contributed by atoms with Crippen LogP contribution in [0.2, 0.25) is 10.0 Å². The van der Waals surface area contributed by atoms with Crippen molar-refractivity contribution >= 4 is 35.1 Å². The molecule has 0 aromatic heterocycles. The Morgan fingerprint density at radius 2 is 1.78 bits per heavy atom. The molecule has 0 spiro atoms. The molecule has 0 atom stereocenters. The number of amides is 3. The van der Waals surface area contributed by atoms with Gasteiger partial charge >= 0.3 is 6.03 Å².